The van der Waals surface area contributed by atoms with Crippen LogP contribution in [0.1, 0.15) is 52.9 Å². The molecule has 0 aromatic rings. The molecule has 0 radical (unpaired) electrons. The molecule has 1 unspecified atom stereocenters. The molecule has 0 aromatic carbocycles. The van der Waals surface area contributed by atoms with Crippen LogP contribution >= 0.6 is 12.6 Å². The molecule has 0 bridgehead atoms. The third kappa shape index (κ3) is 9.69. The van der Waals surface area contributed by atoms with Crippen LogP contribution in [0.2, 0.25) is 6.04 Å². The van der Waals surface area contributed by atoms with Gasteiger partial charge < -0.3 is 8.85 Å². The molecule has 0 saturated carbocycles. The van der Waals surface area contributed by atoms with Gasteiger partial charge >= 0.3 is 9.28 Å². The topological polar surface area (TPSA) is 18.5 Å². The molecule has 1 atom stereocenters. The molecule has 0 aliphatic carbocycles. The third-order valence-corrected chi connectivity index (χ3v) is 5.68. The SMILES string of the molecule is CCCCO[SiH](CC(S)CC)OCCCC. The Kier molecular flexibility index (Phi) is 12.3. The largest absolute Gasteiger partial charge is 0.396 e. The lowest BCUT2D eigenvalue weighted by molar-refractivity contribution is 0.191. The Morgan fingerprint density at radius 2 is 1.50 bits per heavy atom. The van der Waals surface area contributed by atoms with Crippen molar-refractivity contribution in [3.05, 3.63) is 0 Å². The molecular formula is C12H28O2SSi. The highest BCUT2D eigenvalue weighted by molar-refractivity contribution is 7.81. The first-order valence-corrected chi connectivity index (χ1v) is 8.93. The zero-order valence-electron chi connectivity index (χ0n) is 11.1. The molecule has 98 valence electrons. The average molecular weight is 265 g/mol. The van der Waals surface area contributed by atoms with Crippen molar-refractivity contribution in [3.8, 4) is 0 Å². The van der Waals surface area contributed by atoms with Crippen LogP contribution in [-0.4, -0.2) is 27.7 Å². The lowest BCUT2D eigenvalue weighted by Gasteiger charge is -2.19. The Labute approximate surface area is 108 Å². The van der Waals surface area contributed by atoms with Gasteiger partial charge in [0.1, 0.15) is 0 Å². The van der Waals surface area contributed by atoms with E-state index in [4.69, 9.17) is 8.85 Å². The highest BCUT2D eigenvalue weighted by Crippen LogP contribution is 2.12. The van der Waals surface area contributed by atoms with E-state index in [0.29, 0.717) is 5.25 Å². The molecule has 0 amide bonds. The van der Waals surface area contributed by atoms with Gasteiger partial charge in [-0.15, -0.1) is 0 Å². The summed E-state index contributed by atoms with van der Waals surface area (Å²) in [6.45, 7) is 8.27. The van der Waals surface area contributed by atoms with Crippen LogP contribution in [0, 0.1) is 0 Å². The molecule has 0 rings (SSSR count). The first kappa shape index (κ1) is 16.5. The lowest BCUT2D eigenvalue weighted by atomic mass is 10.4. The Morgan fingerprint density at radius 1 is 1.00 bits per heavy atom. The maximum absolute atomic E-state index is 5.87. The van der Waals surface area contributed by atoms with E-state index in [2.05, 4.69) is 33.4 Å². The monoisotopic (exact) mass is 264 g/mol. The van der Waals surface area contributed by atoms with Crippen LogP contribution in [-0.2, 0) is 8.85 Å². The highest BCUT2D eigenvalue weighted by atomic mass is 32.1. The van der Waals surface area contributed by atoms with E-state index < -0.39 is 9.28 Å². The van der Waals surface area contributed by atoms with Crippen molar-refractivity contribution in [1.82, 2.24) is 0 Å². The highest BCUT2D eigenvalue weighted by Gasteiger charge is 2.16. The summed E-state index contributed by atoms with van der Waals surface area (Å²) in [5.41, 5.74) is 0. The van der Waals surface area contributed by atoms with Crippen LogP contribution < -0.4 is 0 Å². The molecule has 0 aliphatic heterocycles. The molecule has 0 spiro atoms. The third-order valence-electron chi connectivity index (χ3n) is 2.54. The van der Waals surface area contributed by atoms with Gasteiger partial charge in [-0.3, -0.25) is 0 Å². The van der Waals surface area contributed by atoms with Gasteiger partial charge in [-0.05, 0) is 25.3 Å². The van der Waals surface area contributed by atoms with Gasteiger partial charge in [0.2, 0.25) is 0 Å². The molecule has 0 fully saturated rings. The standard InChI is InChI=1S/C12H28O2SSi/c1-4-7-9-13-16(11-12(15)6-3)14-10-8-5-2/h12,15-16H,4-11H2,1-3H3. The molecule has 0 aromatic heterocycles. The van der Waals surface area contributed by atoms with Gasteiger partial charge in [-0.2, -0.15) is 12.6 Å². The van der Waals surface area contributed by atoms with E-state index in [9.17, 15) is 0 Å². The van der Waals surface area contributed by atoms with Crippen LogP contribution in [0.5, 0.6) is 0 Å². The van der Waals surface area contributed by atoms with Crippen molar-refractivity contribution in [1.29, 1.82) is 0 Å². The van der Waals surface area contributed by atoms with E-state index >= 15 is 0 Å². The quantitative estimate of drug-likeness (QED) is 0.349. The predicted molar refractivity (Wildman–Crippen MR) is 76.7 cm³/mol. The second-order valence-corrected chi connectivity index (χ2v) is 6.90. The molecule has 0 N–H and O–H groups in total. The van der Waals surface area contributed by atoms with Crippen molar-refractivity contribution >= 4 is 21.9 Å². The summed E-state index contributed by atoms with van der Waals surface area (Å²) in [5.74, 6) is 0. The Hall–Kier alpha value is 0.487. The minimum Gasteiger partial charge on any atom is -0.396 e. The van der Waals surface area contributed by atoms with Gasteiger partial charge in [-0.1, -0.05) is 33.6 Å². The van der Waals surface area contributed by atoms with Crippen molar-refractivity contribution < 1.29 is 8.85 Å². The summed E-state index contributed by atoms with van der Waals surface area (Å²) in [6, 6.07) is 1.03. The van der Waals surface area contributed by atoms with Gasteiger partial charge in [0.25, 0.3) is 0 Å². The van der Waals surface area contributed by atoms with Gasteiger partial charge in [0.05, 0.1) is 0 Å². The van der Waals surface area contributed by atoms with Crippen molar-refractivity contribution in [2.24, 2.45) is 0 Å². The number of hydrogen-bond donors (Lipinski definition) is 1. The predicted octanol–water partition coefficient (Wildman–Crippen LogP) is 3.55. The fraction of sp³-hybridized carbons (Fsp3) is 1.00. The minimum absolute atomic E-state index is 0.444. The first-order chi connectivity index (χ1) is 7.74. The van der Waals surface area contributed by atoms with E-state index in [1.54, 1.807) is 0 Å². The molecule has 2 nitrogen and oxygen atoms in total. The molecule has 0 heterocycles. The van der Waals surface area contributed by atoms with E-state index in [-0.39, 0.29) is 0 Å². The Morgan fingerprint density at radius 3 is 1.88 bits per heavy atom. The van der Waals surface area contributed by atoms with Crippen molar-refractivity contribution in [3.63, 3.8) is 0 Å². The van der Waals surface area contributed by atoms with Crippen molar-refractivity contribution in [2.45, 2.75) is 64.2 Å². The molecule has 0 saturated heterocycles. The van der Waals surface area contributed by atoms with Gasteiger partial charge in [0, 0.05) is 18.5 Å². The average Bonchev–Trinajstić information content (AvgIpc) is 2.29. The number of unbranched alkanes of at least 4 members (excludes halogenated alkanes) is 2. The van der Waals surface area contributed by atoms with E-state index in [1.807, 2.05) is 0 Å². The molecule has 0 aliphatic rings. The Balaban J connectivity index is 3.75. The van der Waals surface area contributed by atoms with Crippen LogP contribution in [0.25, 0.3) is 0 Å². The van der Waals surface area contributed by atoms with Crippen LogP contribution in [0.15, 0.2) is 0 Å². The number of thiol groups is 1. The van der Waals surface area contributed by atoms with E-state index in [1.165, 1.54) is 12.8 Å². The first-order valence-electron chi connectivity index (χ1n) is 6.65. The van der Waals surface area contributed by atoms with Gasteiger partial charge in [0.15, 0.2) is 0 Å². The zero-order valence-corrected chi connectivity index (χ0v) is 13.1. The van der Waals surface area contributed by atoms with Crippen molar-refractivity contribution in [2.75, 3.05) is 13.2 Å². The smallest absolute Gasteiger partial charge is 0.322 e. The van der Waals surface area contributed by atoms with Crippen LogP contribution in [0.4, 0.5) is 0 Å². The second kappa shape index (κ2) is 12.0. The maximum Gasteiger partial charge on any atom is 0.322 e. The summed E-state index contributed by atoms with van der Waals surface area (Å²) in [5, 5.41) is 0.444. The fourth-order valence-corrected chi connectivity index (χ4v) is 3.81. The van der Waals surface area contributed by atoms with E-state index in [0.717, 1.165) is 38.5 Å². The molecule has 16 heavy (non-hydrogen) atoms. The minimum atomic E-state index is -1.45. The zero-order chi connectivity index (χ0) is 12.2. The molecular weight excluding hydrogens is 236 g/mol. The normalized spacial score (nSPS) is 13.3. The molecule has 4 heteroatoms. The number of hydrogen-bond acceptors (Lipinski definition) is 3. The maximum atomic E-state index is 5.87. The second-order valence-electron chi connectivity index (χ2n) is 4.18. The Bertz CT molecular complexity index is 137. The lowest BCUT2D eigenvalue weighted by Crippen LogP contribution is -2.27. The van der Waals surface area contributed by atoms with Crippen LogP contribution in [0.3, 0.4) is 0 Å². The van der Waals surface area contributed by atoms with Gasteiger partial charge in [-0.25, -0.2) is 0 Å². The summed E-state index contributed by atoms with van der Waals surface area (Å²) in [4.78, 5) is 0. The summed E-state index contributed by atoms with van der Waals surface area (Å²) < 4.78 is 11.7. The number of rotatable bonds is 11. The summed E-state index contributed by atoms with van der Waals surface area (Å²) in [6.07, 6.45) is 5.76. The summed E-state index contributed by atoms with van der Waals surface area (Å²) >= 11 is 4.53. The fourth-order valence-electron chi connectivity index (χ4n) is 1.29. The summed E-state index contributed by atoms with van der Waals surface area (Å²) in [7, 11) is -1.45.